The van der Waals surface area contributed by atoms with Crippen LogP contribution in [-0.2, 0) is 15.0 Å². The van der Waals surface area contributed by atoms with Gasteiger partial charge in [0.1, 0.15) is 5.75 Å². The quantitative estimate of drug-likeness (QED) is 0.852. The molecule has 1 aliphatic rings. The van der Waals surface area contributed by atoms with Crippen LogP contribution >= 0.6 is 0 Å². The Morgan fingerprint density at radius 2 is 2.16 bits per heavy atom. The maximum Gasteiger partial charge on any atom is 0.302 e. The average Bonchev–Trinajstić information content (AvgIpc) is 2.56. The molecule has 1 heterocycles. The molecule has 0 radical (unpaired) electrons. The first-order chi connectivity index (χ1) is 8.76. The summed E-state index contributed by atoms with van der Waals surface area (Å²) in [6.07, 6.45) is 0.0173. The number of nitrogens with zero attached hydrogens (tertiary/aromatic N) is 1. The molecular weight excluding hydrogens is 273 g/mol. The molecule has 0 aromatic heterocycles. The van der Waals surface area contributed by atoms with Gasteiger partial charge in [0.05, 0.1) is 5.75 Å². The summed E-state index contributed by atoms with van der Waals surface area (Å²) >= 11 is 0. The standard InChI is InChI=1S/C12H14FNO4S/c1-8-4-10(15)2-3-11(8)14-6-9(5-12(14)16)7-19(13,17)18/h2-4,9,15H,5-7H2,1H3. The van der Waals surface area contributed by atoms with Crippen LogP contribution in [0.15, 0.2) is 18.2 Å². The van der Waals surface area contributed by atoms with E-state index in [2.05, 4.69) is 0 Å². The van der Waals surface area contributed by atoms with Gasteiger partial charge in [-0.3, -0.25) is 4.79 Å². The van der Waals surface area contributed by atoms with Crippen LogP contribution in [0.25, 0.3) is 0 Å². The Labute approximate surface area is 110 Å². The number of carbonyl (C=O) groups is 1. The lowest BCUT2D eigenvalue weighted by Gasteiger charge is -2.19. The lowest BCUT2D eigenvalue weighted by molar-refractivity contribution is -0.117. The number of phenolic OH excluding ortho intramolecular Hbond substituents is 1. The van der Waals surface area contributed by atoms with Gasteiger partial charge in [0.2, 0.25) is 5.91 Å². The summed E-state index contributed by atoms with van der Waals surface area (Å²) in [6, 6.07) is 4.56. The van der Waals surface area contributed by atoms with Gasteiger partial charge in [0.25, 0.3) is 0 Å². The molecule has 1 atom stereocenters. The van der Waals surface area contributed by atoms with Gasteiger partial charge >= 0.3 is 10.2 Å². The zero-order valence-corrected chi connectivity index (χ0v) is 11.2. The van der Waals surface area contributed by atoms with Gasteiger partial charge in [-0.15, -0.1) is 3.89 Å². The van der Waals surface area contributed by atoms with Crippen LogP contribution in [0.5, 0.6) is 5.75 Å². The van der Waals surface area contributed by atoms with Crippen LogP contribution < -0.4 is 4.90 Å². The lowest BCUT2D eigenvalue weighted by Crippen LogP contribution is -2.26. The third-order valence-corrected chi connectivity index (χ3v) is 3.98. The zero-order valence-electron chi connectivity index (χ0n) is 10.3. The van der Waals surface area contributed by atoms with E-state index in [4.69, 9.17) is 0 Å². The fourth-order valence-electron chi connectivity index (χ4n) is 2.35. The van der Waals surface area contributed by atoms with Crippen LogP contribution in [-0.4, -0.2) is 31.7 Å². The molecule has 1 fully saturated rings. The lowest BCUT2D eigenvalue weighted by atomic mass is 10.1. The van der Waals surface area contributed by atoms with E-state index >= 15 is 0 Å². The Kier molecular flexibility index (Phi) is 3.49. The molecule has 5 nitrogen and oxygen atoms in total. The van der Waals surface area contributed by atoms with Gasteiger partial charge in [0.15, 0.2) is 0 Å². The number of benzene rings is 1. The monoisotopic (exact) mass is 287 g/mol. The molecule has 1 aliphatic heterocycles. The minimum absolute atomic E-state index is 0.0173. The van der Waals surface area contributed by atoms with Crippen molar-refractivity contribution in [1.82, 2.24) is 0 Å². The first kappa shape index (κ1) is 13.8. The SMILES string of the molecule is Cc1cc(O)ccc1N1CC(CS(=O)(=O)F)CC1=O. The van der Waals surface area contributed by atoms with Crippen molar-refractivity contribution in [2.75, 3.05) is 17.2 Å². The Bertz CT molecular complexity index is 614. The predicted octanol–water partition coefficient (Wildman–Crippen LogP) is 1.35. The molecule has 0 aliphatic carbocycles. The van der Waals surface area contributed by atoms with Gasteiger partial charge in [0, 0.05) is 24.6 Å². The minimum atomic E-state index is -4.57. The molecule has 1 N–H and O–H groups in total. The second-order valence-corrected chi connectivity index (χ2v) is 6.16. The number of hydrogen-bond donors (Lipinski definition) is 1. The number of hydrogen-bond acceptors (Lipinski definition) is 4. The minimum Gasteiger partial charge on any atom is -0.508 e. The molecule has 0 saturated carbocycles. The van der Waals surface area contributed by atoms with Crippen molar-refractivity contribution in [1.29, 1.82) is 0 Å². The van der Waals surface area contributed by atoms with Crippen LogP contribution in [0.2, 0.25) is 0 Å². The average molecular weight is 287 g/mol. The van der Waals surface area contributed by atoms with Gasteiger partial charge in [-0.2, -0.15) is 8.42 Å². The molecule has 0 bridgehead atoms. The van der Waals surface area contributed by atoms with Crippen molar-refractivity contribution in [3.63, 3.8) is 0 Å². The topological polar surface area (TPSA) is 74.7 Å². The third-order valence-electron chi connectivity index (χ3n) is 3.11. The largest absolute Gasteiger partial charge is 0.508 e. The number of carbonyl (C=O) groups excluding carboxylic acids is 1. The molecule has 1 amide bonds. The van der Waals surface area contributed by atoms with Crippen LogP contribution in [0.1, 0.15) is 12.0 Å². The molecule has 7 heteroatoms. The summed E-state index contributed by atoms with van der Waals surface area (Å²) in [5.74, 6) is -1.30. The van der Waals surface area contributed by atoms with Crippen molar-refractivity contribution in [2.24, 2.45) is 5.92 Å². The second kappa shape index (κ2) is 4.80. The van der Waals surface area contributed by atoms with Crippen molar-refractivity contribution in [3.8, 4) is 5.75 Å². The maximum atomic E-state index is 12.6. The first-order valence-electron chi connectivity index (χ1n) is 5.78. The van der Waals surface area contributed by atoms with Crippen LogP contribution in [0.3, 0.4) is 0 Å². The number of aryl methyl sites for hydroxylation is 1. The van der Waals surface area contributed by atoms with Crippen molar-refractivity contribution < 1.29 is 22.2 Å². The van der Waals surface area contributed by atoms with Crippen LogP contribution in [0.4, 0.5) is 9.57 Å². The molecule has 19 heavy (non-hydrogen) atoms. The van der Waals surface area contributed by atoms with Crippen molar-refractivity contribution in [2.45, 2.75) is 13.3 Å². The van der Waals surface area contributed by atoms with E-state index in [1.54, 1.807) is 13.0 Å². The maximum absolute atomic E-state index is 12.6. The summed E-state index contributed by atoms with van der Waals surface area (Å²) in [7, 11) is -4.57. The van der Waals surface area contributed by atoms with E-state index in [1.807, 2.05) is 0 Å². The van der Waals surface area contributed by atoms with Crippen molar-refractivity contribution >= 4 is 21.8 Å². The highest BCUT2D eigenvalue weighted by atomic mass is 32.3. The first-order valence-corrected chi connectivity index (χ1v) is 7.34. The Morgan fingerprint density at radius 1 is 1.47 bits per heavy atom. The molecule has 0 spiro atoms. The normalized spacial score (nSPS) is 20.0. The Hall–Kier alpha value is -1.63. The van der Waals surface area contributed by atoms with Gasteiger partial charge in [-0.25, -0.2) is 0 Å². The van der Waals surface area contributed by atoms with E-state index in [-0.39, 0.29) is 24.6 Å². The Morgan fingerprint density at radius 3 is 2.74 bits per heavy atom. The highest BCUT2D eigenvalue weighted by Gasteiger charge is 2.34. The number of rotatable bonds is 3. The number of halogens is 1. The molecular formula is C12H14FNO4S. The number of aromatic hydroxyl groups is 1. The number of phenols is 1. The van der Waals surface area contributed by atoms with E-state index in [0.717, 1.165) is 0 Å². The fraction of sp³-hybridized carbons (Fsp3) is 0.417. The third kappa shape index (κ3) is 3.23. The molecule has 1 aromatic rings. The van der Waals surface area contributed by atoms with E-state index in [0.29, 0.717) is 11.3 Å². The fourth-order valence-corrected chi connectivity index (χ4v) is 3.14. The van der Waals surface area contributed by atoms with Crippen molar-refractivity contribution in [3.05, 3.63) is 23.8 Å². The van der Waals surface area contributed by atoms with Crippen LogP contribution in [0, 0.1) is 12.8 Å². The predicted molar refractivity (Wildman–Crippen MR) is 68.2 cm³/mol. The molecule has 1 aromatic carbocycles. The number of amides is 1. The summed E-state index contributed by atoms with van der Waals surface area (Å²) in [5.41, 5.74) is 1.32. The zero-order chi connectivity index (χ0) is 14.2. The number of anilines is 1. The van der Waals surface area contributed by atoms with E-state index < -0.39 is 21.9 Å². The van der Waals surface area contributed by atoms with Gasteiger partial charge in [-0.1, -0.05) is 0 Å². The van der Waals surface area contributed by atoms with Gasteiger partial charge in [-0.05, 0) is 30.7 Å². The summed E-state index contributed by atoms with van der Waals surface area (Å²) in [5, 5.41) is 9.32. The molecule has 2 rings (SSSR count). The highest BCUT2D eigenvalue weighted by molar-refractivity contribution is 7.86. The van der Waals surface area contributed by atoms with Gasteiger partial charge < -0.3 is 10.0 Å². The van der Waals surface area contributed by atoms with E-state index in [9.17, 15) is 22.2 Å². The second-order valence-electron chi connectivity index (χ2n) is 4.75. The van der Waals surface area contributed by atoms with E-state index in [1.165, 1.54) is 17.0 Å². The summed E-state index contributed by atoms with van der Waals surface area (Å²) < 4.78 is 33.9. The summed E-state index contributed by atoms with van der Waals surface area (Å²) in [6.45, 7) is 1.91. The highest BCUT2D eigenvalue weighted by Crippen LogP contribution is 2.30. The smallest absolute Gasteiger partial charge is 0.302 e. The molecule has 104 valence electrons. The molecule has 1 unspecified atom stereocenters. The summed E-state index contributed by atoms with van der Waals surface area (Å²) in [4.78, 5) is 13.3. The molecule has 1 saturated heterocycles. The Balaban J connectivity index is 2.20.